The van der Waals surface area contributed by atoms with Crippen molar-refractivity contribution in [1.82, 2.24) is 0 Å². The molecule has 0 fully saturated rings. The van der Waals surface area contributed by atoms with Crippen LogP contribution in [0.4, 0.5) is 0 Å². The smallest absolute Gasteiger partial charge is 0.00886 e. The zero-order chi connectivity index (χ0) is 4.28. The molecule has 0 bridgehead atoms. The minimum Gasteiger partial charge on any atom is -0.144 e. The van der Waals surface area contributed by atoms with Crippen LogP contribution in [0.3, 0.4) is 0 Å². The van der Waals surface area contributed by atoms with E-state index >= 15 is 0 Å². The molecule has 0 aliphatic carbocycles. The quantitative estimate of drug-likeness (QED) is 0.410. The lowest BCUT2D eigenvalue weighted by Gasteiger charge is -1.77. The fraction of sp³-hybridized carbons (Fsp3) is 1.00. The minimum atomic E-state index is -0.596. The van der Waals surface area contributed by atoms with Gasteiger partial charge in [-0.15, -0.1) is 12.2 Å². The lowest BCUT2D eigenvalue weighted by atomic mass is 11.0. The SMILES string of the molecule is CC[PH](=S)S. The molecule has 0 N–H and O–H groups in total. The maximum absolute atomic E-state index is 4.75. The van der Waals surface area contributed by atoms with Crippen molar-refractivity contribution in [2.75, 3.05) is 6.16 Å². The van der Waals surface area contributed by atoms with Gasteiger partial charge in [0.25, 0.3) is 0 Å². The summed E-state index contributed by atoms with van der Waals surface area (Å²) in [6.07, 6.45) is 1.09. The topological polar surface area (TPSA) is 0 Å². The number of rotatable bonds is 1. The molecule has 3 heteroatoms. The van der Waals surface area contributed by atoms with Gasteiger partial charge in [0.05, 0.1) is 0 Å². The Morgan fingerprint density at radius 3 is 2.20 bits per heavy atom. The number of hydrogen-bond acceptors (Lipinski definition) is 1. The Hall–Kier alpha value is 1.00. The lowest BCUT2D eigenvalue weighted by molar-refractivity contribution is 1.53. The van der Waals surface area contributed by atoms with Crippen molar-refractivity contribution in [3.63, 3.8) is 0 Å². The summed E-state index contributed by atoms with van der Waals surface area (Å²) in [5.74, 6) is -0.596. The Kier molecular flexibility index (Phi) is 3.84. The van der Waals surface area contributed by atoms with Gasteiger partial charge < -0.3 is 0 Å². The third kappa shape index (κ3) is 5.00. The van der Waals surface area contributed by atoms with Crippen LogP contribution in [0.15, 0.2) is 0 Å². The van der Waals surface area contributed by atoms with Crippen molar-refractivity contribution in [1.29, 1.82) is 0 Å². The molecule has 0 aromatic carbocycles. The molecule has 1 atom stereocenters. The summed E-state index contributed by atoms with van der Waals surface area (Å²) in [5.41, 5.74) is 0. The van der Waals surface area contributed by atoms with Crippen LogP contribution in [0.5, 0.6) is 0 Å². The second kappa shape index (κ2) is 3.20. The molecule has 0 saturated carbocycles. The van der Waals surface area contributed by atoms with Crippen molar-refractivity contribution in [3.05, 3.63) is 0 Å². The fourth-order valence-corrected chi connectivity index (χ4v) is 0. The van der Waals surface area contributed by atoms with Gasteiger partial charge in [0.1, 0.15) is 0 Å². The van der Waals surface area contributed by atoms with Gasteiger partial charge in [-0.25, -0.2) is 0 Å². The van der Waals surface area contributed by atoms with E-state index in [1.807, 2.05) is 0 Å². The van der Waals surface area contributed by atoms with Gasteiger partial charge in [0.2, 0.25) is 0 Å². The number of hydrogen-bond donors (Lipinski definition) is 1. The molecule has 0 radical (unpaired) electrons. The van der Waals surface area contributed by atoms with Crippen molar-refractivity contribution in [3.8, 4) is 0 Å². The maximum atomic E-state index is 4.75. The number of thiol groups is 1. The molecular weight excluding hydrogens is 119 g/mol. The van der Waals surface area contributed by atoms with E-state index in [0.717, 1.165) is 6.16 Å². The summed E-state index contributed by atoms with van der Waals surface area (Å²) in [7, 11) is 0. The largest absolute Gasteiger partial charge is 0.144 e. The summed E-state index contributed by atoms with van der Waals surface area (Å²) in [5, 5.41) is 0. The molecule has 0 aromatic heterocycles. The highest BCUT2D eigenvalue weighted by Gasteiger charge is 1.69. The molecule has 0 saturated heterocycles. The second-order valence-corrected chi connectivity index (χ2v) is 6.25. The Bertz CT molecular complexity index is 42.9. The van der Waals surface area contributed by atoms with E-state index in [1.54, 1.807) is 0 Å². The average molecular weight is 126 g/mol. The Balaban J connectivity index is 2.85. The molecule has 0 amide bonds. The average Bonchev–Trinajstić information content (AvgIpc) is 1.38. The van der Waals surface area contributed by atoms with Gasteiger partial charge in [-0.1, -0.05) is 18.7 Å². The molecule has 0 nitrogen and oxygen atoms in total. The van der Waals surface area contributed by atoms with Crippen molar-refractivity contribution >= 4 is 30.0 Å². The molecule has 0 aromatic rings. The molecule has 0 rings (SSSR count). The van der Waals surface area contributed by atoms with E-state index in [2.05, 4.69) is 19.2 Å². The normalized spacial score (nSPS) is 14.8. The van der Waals surface area contributed by atoms with Gasteiger partial charge in [-0.2, -0.15) is 0 Å². The second-order valence-electron chi connectivity index (χ2n) is 0.747. The van der Waals surface area contributed by atoms with Gasteiger partial charge >= 0.3 is 0 Å². The van der Waals surface area contributed by atoms with Gasteiger partial charge in [-0.05, 0) is 12.1 Å². The highest BCUT2D eigenvalue weighted by Crippen LogP contribution is 2.23. The van der Waals surface area contributed by atoms with Crippen LogP contribution >= 0.6 is 18.1 Å². The Morgan fingerprint density at radius 1 is 2.00 bits per heavy atom. The van der Waals surface area contributed by atoms with Crippen LogP contribution in [0.25, 0.3) is 0 Å². The zero-order valence-electron chi connectivity index (χ0n) is 3.06. The third-order valence-corrected chi connectivity index (χ3v) is 2.72. The fourth-order valence-electron chi connectivity index (χ4n) is 0. The van der Waals surface area contributed by atoms with Crippen LogP contribution < -0.4 is 0 Å². The molecule has 0 spiro atoms. The van der Waals surface area contributed by atoms with E-state index in [-0.39, 0.29) is 0 Å². The first kappa shape index (κ1) is 6.00. The van der Waals surface area contributed by atoms with E-state index in [4.69, 9.17) is 11.8 Å². The molecule has 0 aliphatic rings. The monoisotopic (exact) mass is 126 g/mol. The van der Waals surface area contributed by atoms with Gasteiger partial charge in [0.15, 0.2) is 0 Å². The third-order valence-electron chi connectivity index (χ3n) is 0.302. The molecule has 5 heavy (non-hydrogen) atoms. The van der Waals surface area contributed by atoms with Crippen molar-refractivity contribution in [2.24, 2.45) is 0 Å². The van der Waals surface area contributed by atoms with Gasteiger partial charge in [-0.3, -0.25) is 0 Å². The summed E-state index contributed by atoms with van der Waals surface area (Å²) >= 11 is 8.76. The zero-order valence-corrected chi connectivity index (χ0v) is 5.77. The summed E-state index contributed by atoms with van der Waals surface area (Å²) in [4.78, 5) is 0. The van der Waals surface area contributed by atoms with E-state index < -0.39 is 5.90 Å². The van der Waals surface area contributed by atoms with E-state index in [9.17, 15) is 0 Å². The van der Waals surface area contributed by atoms with Crippen LogP contribution in [-0.4, -0.2) is 6.16 Å². The predicted octanol–water partition coefficient (Wildman–Crippen LogP) is 1.53. The van der Waals surface area contributed by atoms with Crippen LogP contribution in [0.2, 0.25) is 0 Å². The van der Waals surface area contributed by atoms with Crippen LogP contribution in [-0.2, 0) is 11.8 Å². The van der Waals surface area contributed by atoms with Crippen LogP contribution in [0.1, 0.15) is 6.92 Å². The maximum Gasteiger partial charge on any atom is -0.00886 e. The van der Waals surface area contributed by atoms with Crippen LogP contribution in [0, 0.1) is 0 Å². The molecule has 0 heterocycles. The molecule has 0 aliphatic heterocycles. The van der Waals surface area contributed by atoms with E-state index in [1.165, 1.54) is 0 Å². The first-order chi connectivity index (χ1) is 2.27. The minimum absolute atomic E-state index is 0.596. The first-order valence-electron chi connectivity index (χ1n) is 1.49. The Labute approximate surface area is 43.5 Å². The van der Waals surface area contributed by atoms with Gasteiger partial charge in [0, 0.05) is 0 Å². The summed E-state index contributed by atoms with van der Waals surface area (Å²) in [6.45, 7) is 2.06. The molecular formula is C2H7PS2. The predicted molar refractivity (Wildman–Crippen MR) is 35.2 cm³/mol. The summed E-state index contributed by atoms with van der Waals surface area (Å²) in [6, 6.07) is 0. The summed E-state index contributed by atoms with van der Waals surface area (Å²) < 4.78 is 0. The lowest BCUT2D eigenvalue weighted by Crippen LogP contribution is -1.48. The van der Waals surface area contributed by atoms with Crippen molar-refractivity contribution < 1.29 is 0 Å². The highest BCUT2D eigenvalue weighted by atomic mass is 32.9. The first-order valence-corrected chi connectivity index (χ1v) is 5.62. The van der Waals surface area contributed by atoms with Crippen molar-refractivity contribution in [2.45, 2.75) is 6.92 Å². The molecule has 1 unspecified atom stereocenters. The van der Waals surface area contributed by atoms with E-state index in [0.29, 0.717) is 0 Å². The standard InChI is InChI=1S/C2H7PS2/c1-2-3(4)5/h3H,2H2,1H3,(H,4,5). The molecule has 32 valence electrons. The Morgan fingerprint density at radius 2 is 2.20 bits per heavy atom. The highest BCUT2D eigenvalue weighted by molar-refractivity contribution is 8.56.